The van der Waals surface area contributed by atoms with Gasteiger partial charge in [-0.3, -0.25) is 5.41 Å². The molecule has 1 aromatic heterocycles. The molecule has 0 atom stereocenters. The SMILES string of the molecule is Cc1ccc(CCc2ccc(C(=N)N(C)C)cc2)c(CNc2ccc(Cl)cn2)c1. The molecule has 0 bridgehead atoms. The molecule has 0 amide bonds. The summed E-state index contributed by atoms with van der Waals surface area (Å²) in [5, 5.41) is 12.1. The highest BCUT2D eigenvalue weighted by Gasteiger charge is 2.07. The molecule has 2 aromatic carbocycles. The van der Waals surface area contributed by atoms with Gasteiger partial charge < -0.3 is 10.2 Å². The number of nitrogens with one attached hydrogen (secondary N) is 2. The second-order valence-electron chi connectivity index (χ2n) is 7.43. The molecule has 0 unspecified atom stereocenters. The molecule has 0 aliphatic heterocycles. The van der Waals surface area contributed by atoms with Gasteiger partial charge in [0.25, 0.3) is 0 Å². The molecule has 2 N–H and O–H groups in total. The summed E-state index contributed by atoms with van der Waals surface area (Å²) >= 11 is 5.91. The molecule has 3 rings (SSSR count). The number of aromatic nitrogens is 1. The Bertz CT molecular complexity index is 963. The average Bonchev–Trinajstić information content (AvgIpc) is 2.72. The average molecular weight is 407 g/mol. The van der Waals surface area contributed by atoms with Gasteiger partial charge >= 0.3 is 0 Å². The third kappa shape index (κ3) is 5.81. The zero-order valence-electron chi connectivity index (χ0n) is 17.2. The second kappa shape index (κ2) is 9.57. The minimum atomic E-state index is 0.527. The normalized spacial score (nSPS) is 10.6. The Morgan fingerprint density at radius 1 is 1.00 bits per heavy atom. The first-order valence-electron chi connectivity index (χ1n) is 9.71. The van der Waals surface area contributed by atoms with Crippen LogP contribution in [-0.2, 0) is 19.4 Å². The Labute approximate surface area is 178 Å². The maximum Gasteiger partial charge on any atom is 0.127 e. The number of hydrogen-bond donors (Lipinski definition) is 2. The number of anilines is 1. The van der Waals surface area contributed by atoms with Crippen molar-refractivity contribution >= 4 is 23.3 Å². The van der Waals surface area contributed by atoms with Crippen LogP contribution < -0.4 is 5.32 Å². The Morgan fingerprint density at radius 2 is 1.76 bits per heavy atom. The van der Waals surface area contributed by atoms with Crippen molar-refractivity contribution in [3.63, 3.8) is 0 Å². The second-order valence-corrected chi connectivity index (χ2v) is 7.86. The van der Waals surface area contributed by atoms with E-state index in [4.69, 9.17) is 17.0 Å². The van der Waals surface area contributed by atoms with Crippen LogP contribution in [0.25, 0.3) is 0 Å². The molecule has 0 saturated heterocycles. The van der Waals surface area contributed by atoms with Crippen molar-refractivity contribution in [1.29, 1.82) is 5.41 Å². The molecule has 0 aliphatic carbocycles. The topological polar surface area (TPSA) is 52.0 Å². The van der Waals surface area contributed by atoms with E-state index < -0.39 is 0 Å². The van der Waals surface area contributed by atoms with Gasteiger partial charge in [-0.15, -0.1) is 0 Å². The lowest BCUT2D eigenvalue weighted by Crippen LogP contribution is -2.21. The Balaban J connectivity index is 1.66. The first kappa shape index (κ1) is 20.9. The predicted octanol–water partition coefficient (Wildman–Crippen LogP) is 5.33. The maximum absolute atomic E-state index is 8.08. The molecule has 0 fully saturated rings. The van der Waals surface area contributed by atoms with Crippen LogP contribution in [-0.4, -0.2) is 29.8 Å². The molecular formula is C24H27ClN4. The summed E-state index contributed by atoms with van der Waals surface area (Å²) in [6, 6.07) is 18.7. The van der Waals surface area contributed by atoms with Gasteiger partial charge in [-0.05, 0) is 48.6 Å². The molecule has 5 heteroatoms. The minimum absolute atomic E-state index is 0.527. The third-order valence-electron chi connectivity index (χ3n) is 4.91. The van der Waals surface area contributed by atoms with E-state index in [1.807, 2.05) is 43.3 Å². The van der Waals surface area contributed by atoms with E-state index in [0.717, 1.165) is 30.8 Å². The molecule has 3 aromatic rings. The van der Waals surface area contributed by atoms with Crippen LogP contribution in [0, 0.1) is 12.3 Å². The number of aryl methyl sites for hydroxylation is 3. The molecule has 0 spiro atoms. The van der Waals surface area contributed by atoms with E-state index in [0.29, 0.717) is 10.9 Å². The lowest BCUT2D eigenvalue weighted by Gasteiger charge is -2.14. The van der Waals surface area contributed by atoms with Crippen LogP contribution in [0.1, 0.15) is 27.8 Å². The van der Waals surface area contributed by atoms with Crippen molar-refractivity contribution in [1.82, 2.24) is 9.88 Å². The first-order valence-corrected chi connectivity index (χ1v) is 10.1. The summed E-state index contributed by atoms with van der Waals surface area (Å²) < 4.78 is 0. The highest BCUT2D eigenvalue weighted by Crippen LogP contribution is 2.18. The zero-order chi connectivity index (χ0) is 20.8. The van der Waals surface area contributed by atoms with Crippen molar-refractivity contribution in [3.05, 3.63) is 93.6 Å². The van der Waals surface area contributed by atoms with Crippen LogP contribution in [0.15, 0.2) is 60.8 Å². The highest BCUT2D eigenvalue weighted by molar-refractivity contribution is 6.30. The largest absolute Gasteiger partial charge is 0.366 e. The molecule has 4 nitrogen and oxygen atoms in total. The fourth-order valence-electron chi connectivity index (χ4n) is 3.20. The molecule has 29 heavy (non-hydrogen) atoms. The van der Waals surface area contributed by atoms with Gasteiger partial charge in [-0.25, -0.2) is 4.98 Å². The van der Waals surface area contributed by atoms with Crippen molar-refractivity contribution < 1.29 is 0 Å². The van der Waals surface area contributed by atoms with E-state index >= 15 is 0 Å². The zero-order valence-corrected chi connectivity index (χ0v) is 17.9. The summed E-state index contributed by atoms with van der Waals surface area (Å²) in [7, 11) is 3.78. The van der Waals surface area contributed by atoms with Crippen LogP contribution in [0.3, 0.4) is 0 Å². The number of pyridine rings is 1. The number of hydrogen-bond acceptors (Lipinski definition) is 3. The number of halogens is 1. The molecule has 0 saturated carbocycles. The van der Waals surface area contributed by atoms with Gasteiger partial charge in [0, 0.05) is 32.4 Å². The summed E-state index contributed by atoms with van der Waals surface area (Å²) in [5.41, 5.74) is 6.09. The summed E-state index contributed by atoms with van der Waals surface area (Å²) in [4.78, 5) is 6.13. The van der Waals surface area contributed by atoms with Crippen molar-refractivity contribution in [2.45, 2.75) is 26.3 Å². The lowest BCUT2D eigenvalue weighted by atomic mass is 9.97. The van der Waals surface area contributed by atoms with Gasteiger partial charge in [0.05, 0.1) is 5.02 Å². The standard InChI is InChI=1S/C24H27ClN4/c1-17-4-8-19(21(14-17)15-27-23-13-12-22(25)16-28-23)9-5-18-6-10-20(11-7-18)24(26)29(2)3/h4,6-8,10-14,16,26H,5,9,15H2,1-3H3,(H,27,28). The van der Waals surface area contributed by atoms with E-state index in [1.165, 1.54) is 22.3 Å². The predicted molar refractivity (Wildman–Crippen MR) is 122 cm³/mol. The number of benzene rings is 2. The van der Waals surface area contributed by atoms with E-state index in [9.17, 15) is 0 Å². The fraction of sp³-hybridized carbons (Fsp3) is 0.250. The van der Waals surface area contributed by atoms with Crippen LogP contribution >= 0.6 is 11.6 Å². The van der Waals surface area contributed by atoms with Gasteiger partial charge in [-0.1, -0.05) is 59.6 Å². The molecule has 1 heterocycles. The van der Waals surface area contributed by atoms with Crippen molar-refractivity contribution in [3.8, 4) is 0 Å². The Kier molecular flexibility index (Phi) is 6.89. The summed E-state index contributed by atoms with van der Waals surface area (Å²) in [6.45, 7) is 2.84. The van der Waals surface area contributed by atoms with E-state index in [-0.39, 0.29) is 0 Å². The lowest BCUT2D eigenvalue weighted by molar-refractivity contribution is 0.619. The van der Waals surface area contributed by atoms with Crippen molar-refractivity contribution in [2.24, 2.45) is 0 Å². The molecule has 150 valence electrons. The Hall–Kier alpha value is -2.85. The van der Waals surface area contributed by atoms with Crippen molar-refractivity contribution in [2.75, 3.05) is 19.4 Å². The van der Waals surface area contributed by atoms with Gasteiger partial charge in [0.1, 0.15) is 11.7 Å². The monoisotopic (exact) mass is 406 g/mol. The Morgan fingerprint density at radius 3 is 2.41 bits per heavy atom. The van der Waals surface area contributed by atoms with Gasteiger partial charge in [0.2, 0.25) is 0 Å². The molecular weight excluding hydrogens is 380 g/mol. The summed E-state index contributed by atoms with van der Waals surface area (Å²) in [5.74, 6) is 1.35. The minimum Gasteiger partial charge on any atom is -0.366 e. The van der Waals surface area contributed by atoms with Crippen LogP contribution in [0.4, 0.5) is 5.82 Å². The smallest absolute Gasteiger partial charge is 0.127 e. The van der Waals surface area contributed by atoms with Crippen LogP contribution in [0.5, 0.6) is 0 Å². The van der Waals surface area contributed by atoms with Crippen LogP contribution in [0.2, 0.25) is 5.02 Å². The maximum atomic E-state index is 8.08. The van der Waals surface area contributed by atoms with E-state index in [1.54, 1.807) is 6.20 Å². The van der Waals surface area contributed by atoms with Gasteiger partial charge in [-0.2, -0.15) is 0 Å². The molecule has 0 aliphatic rings. The highest BCUT2D eigenvalue weighted by atomic mass is 35.5. The van der Waals surface area contributed by atoms with E-state index in [2.05, 4.69) is 47.6 Å². The molecule has 0 radical (unpaired) electrons. The van der Waals surface area contributed by atoms with Gasteiger partial charge in [0.15, 0.2) is 0 Å². The number of nitrogens with zero attached hydrogens (tertiary/aromatic N) is 2. The third-order valence-corrected chi connectivity index (χ3v) is 5.13. The summed E-state index contributed by atoms with van der Waals surface area (Å²) in [6.07, 6.45) is 3.58. The quantitative estimate of drug-likeness (QED) is 0.412. The first-order chi connectivity index (χ1) is 13.9. The number of rotatable bonds is 7. The number of amidine groups is 1. The fourth-order valence-corrected chi connectivity index (χ4v) is 3.31.